The molecule has 6 heteroatoms. The lowest BCUT2D eigenvalue weighted by molar-refractivity contribution is 0.0979. The number of carbonyl (C=O) groups excluding carboxylic acids is 1. The number of benzene rings is 3. The number of carbonyl (C=O) groups is 1. The quantitative estimate of drug-likeness (QED) is 0.247. The number of nitrogens with one attached hydrogen (secondary N) is 1. The highest BCUT2D eigenvalue weighted by Crippen LogP contribution is 2.53. The predicted octanol–water partition coefficient (Wildman–Crippen LogP) is 6.44. The SMILES string of the molecule is N=C1S[C@@H](C(=O)c2ccccc2)[C@@](Br)(c2ccccc2)N1c1ccc(Br)cc1. The number of thioether (sulfide) groups is 1. The Morgan fingerprint density at radius 1 is 0.929 bits per heavy atom. The third-order valence-corrected chi connectivity index (χ3v) is 7.96. The number of amidine groups is 1. The van der Waals surface area contributed by atoms with Crippen molar-refractivity contribution in [2.24, 2.45) is 0 Å². The summed E-state index contributed by atoms with van der Waals surface area (Å²) in [5.74, 6) is -0.00399. The Kier molecular flexibility index (Phi) is 5.45. The van der Waals surface area contributed by atoms with Crippen molar-refractivity contribution in [1.82, 2.24) is 0 Å². The number of halogens is 2. The first-order valence-electron chi connectivity index (χ1n) is 8.66. The maximum Gasteiger partial charge on any atom is 0.179 e. The van der Waals surface area contributed by atoms with Gasteiger partial charge in [-0.2, -0.15) is 0 Å². The molecule has 1 fully saturated rings. The van der Waals surface area contributed by atoms with Crippen LogP contribution in [0.3, 0.4) is 0 Å². The van der Waals surface area contributed by atoms with Gasteiger partial charge in [0.05, 0.1) is 0 Å². The summed E-state index contributed by atoms with van der Waals surface area (Å²) in [6, 6.07) is 26.9. The highest BCUT2D eigenvalue weighted by molar-refractivity contribution is 9.10. The molecule has 1 heterocycles. The minimum absolute atomic E-state index is 0.00399. The van der Waals surface area contributed by atoms with Crippen molar-refractivity contribution in [3.63, 3.8) is 0 Å². The molecule has 1 saturated heterocycles. The lowest BCUT2D eigenvalue weighted by Crippen LogP contribution is -2.46. The van der Waals surface area contributed by atoms with Crippen molar-refractivity contribution in [1.29, 1.82) is 5.41 Å². The van der Waals surface area contributed by atoms with Crippen LogP contribution >= 0.6 is 43.6 Å². The zero-order valence-electron chi connectivity index (χ0n) is 14.7. The predicted molar refractivity (Wildman–Crippen MR) is 124 cm³/mol. The van der Waals surface area contributed by atoms with Crippen LogP contribution in [0.5, 0.6) is 0 Å². The fourth-order valence-electron chi connectivity index (χ4n) is 3.34. The first-order chi connectivity index (χ1) is 13.5. The van der Waals surface area contributed by atoms with Gasteiger partial charge in [-0.05, 0) is 29.8 Å². The lowest BCUT2D eigenvalue weighted by atomic mass is 9.95. The van der Waals surface area contributed by atoms with Gasteiger partial charge in [-0.15, -0.1) is 0 Å². The minimum Gasteiger partial charge on any atom is -0.300 e. The van der Waals surface area contributed by atoms with Gasteiger partial charge in [0.15, 0.2) is 11.0 Å². The summed E-state index contributed by atoms with van der Waals surface area (Å²) in [5, 5.41) is 8.51. The number of nitrogens with zero attached hydrogens (tertiary/aromatic N) is 1. The van der Waals surface area contributed by atoms with E-state index in [-0.39, 0.29) is 5.78 Å². The molecule has 3 aromatic carbocycles. The molecule has 1 N–H and O–H groups in total. The summed E-state index contributed by atoms with van der Waals surface area (Å²) in [4.78, 5) is 15.3. The van der Waals surface area contributed by atoms with E-state index in [1.807, 2.05) is 89.8 Å². The topological polar surface area (TPSA) is 44.2 Å². The Hall–Kier alpha value is -1.89. The summed E-state index contributed by atoms with van der Waals surface area (Å²) in [6.07, 6.45) is 0. The smallest absolute Gasteiger partial charge is 0.179 e. The zero-order chi connectivity index (χ0) is 19.7. The minimum atomic E-state index is -0.864. The molecule has 0 aliphatic carbocycles. The molecule has 0 unspecified atom stereocenters. The average molecular weight is 516 g/mol. The Labute approximate surface area is 184 Å². The molecule has 0 spiro atoms. The molecule has 1 aliphatic rings. The van der Waals surface area contributed by atoms with E-state index in [4.69, 9.17) is 5.41 Å². The number of Topliss-reactive ketones (excluding diaryl/α,β-unsaturated/α-hetero) is 1. The van der Waals surface area contributed by atoms with Crippen LogP contribution in [0.15, 0.2) is 89.4 Å². The Balaban J connectivity index is 1.86. The number of hydrogen-bond donors (Lipinski definition) is 1. The first-order valence-corrected chi connectivity index (χ1v) is 11.1. The van der Waals surface area contributed by atoms with Crippen LogP contribution in [0, 0.1) is 5.41 Å². The molecule has 3 aromatic rings. The maximum atomic E-state index is 13.4. The fraction of sp³-hybridized carbons (Fsp3) is 0.0909. The van der Waals surface area contributed by atoms with Gasteiger partial charge in [0.2, 0.25) is 0 Å². The summed E-state index contributed by atoms with van der Waals surface area (Å²) in [6.45, 7) is 0. The van der Waals surface area contributed by atoms with Crippen LogP contribution in [-0.4, -0.2) is 16.2 Å². The summed E-state index contributed by atoms with van der Waals surface area (Å²) in [5.41, 5.74) is 2.43. The highest BCUT2D eigenvalue weighted by atomic mass is 79.9. The van der Waals surface area contributed by atoms with Gasteiger partial charge in [0.1, 0.15) is 9.70 Å². The van der Waals surface area contributed by atoms with Gasteiger partial charge in [-0.1, -0.05) is 104 Å². The Morgan fingerprint density at radius 2 is 1.50 bits per heavy atom. The molecule has 4 rings (SSSR count). The van der Waals surface area contributed by atoms with Crippen LogP contribution in [0.25, 0.3) is 0 Å². The largest absolute Gasteiger partial charge is 0.300 e. The van der Waals surface area contributed by atoms with Gasteiger partial charge in [-0.3, -0.25) is 15.1 Å². The van der Waals surface area contributed by atoms with Crippen molar-refractivity contribution in [3.05, 3.63) is 101 Å². The molecule has 0 bridgehead atoms. The lowest BCUT2D eigenvalue weighted by Gasteiger charge is -2.37. The second-order valence-electron chi connectivity index (χ2n) is 6.38. The Morgan fingerprint density at radius 3 is 2.11 bits per heavy atom. The van der Waals surface area contributed by atoms with E-state index < -0.39 is 9.70 Å². The summed E-state index contributed by atoms with van der Waals surface area (Å²) >= 11 is 8.66. The molecular weight excluding hydrogens is 500 g/mol. The van der Waals surface area contributed by atoms with Crippen LogP contribution in [0.2, 0.25) is 0 Å². The van der Waals surface area contributed by atoms with Gasteiger partial charge < -0.3 is 0 Å². The number of alkyl halides is 1. The van der Waals surface area contributed by atoms with E-state index in [1.165, 1.54) is 11.8 Å². The third-order valence-electron chi connectivity index (χ3n) is 4.67. The molecule has 0 amide bonds. The molecule has 0 aromatic heterocycles. The molecule has 2 atom stereocenters. The standard InChI is InChI=1S/C22H16Br2N2OS/c23-17-11-13-18(14-12-17)26-21(25)28-20(19(27)15-7-3-1-4-8-15)22(26,24)16-9-5-2-6-10-16/h1-14,20,25H/t20-,22+/m0/s1. The number of rotatable bonds is 4. The highest BCUT2D eigenvalue weighted by Gasteiger charge is 2.55. The third kappa shape index (κ3) is 3.34. The van der Waals surface area contributed by atoms with Gasteiger partial charge in [-0.25, -0.2) is 0 Å². The van der Waals surface area contributed by atoms with E-state index in [2.05, 4.69) is 31.9 Å². The molecule has 140 valence electrons. The van der Waals surface area contributed by atoms with Gasteiger partial charge in [0.25, 0.3) is 0 Å². The number of anilines is 1. The van der Waals surface area contributed by atoms with Crippen LogP contribution < -0.4 is 4.90 Å². The Bertz CT molecular complexity index is 1010. The fourth-order valence-corrected chi connectivity index (χ4v) is 6.07. The summed E-state index contributed by atoms with van der Waals surface area (Å²) < 4.78 is 0.1000. The zero-order valence-corrected chi connectivity index (χ0v) is 18.7. The summed E-state index contributed by atoms with van der Waals surface area (Å²) in [7, 11) is 0. The monoisotopic (exact) mass is 514 g/mol. The van der Waals surface area contributed by atoms with Crippen LogP contribution in [-0.2, 0) is 4.45 Å². The molecular formula is C22H16Br2N2OS. The second-order valence-corrected chi connectivity index (χ2v) is 9.60. The first kappa shape index (κ1) is 19.4. The molecule has 0 radical (unpaired) electrons. The number of hydrogen-bond acceptors (Lipinski definition) is 3. The van der Waals surface area contributed by atoms with E-state index in [0.29, 0.717) is 10.7 Å². The average Bonchev–Trinajstić information content (AvgIpc) is 3.01. The molecule has 1 aliphatic heterocycles. The second kappa shape index (κ2) is 7.85. The molecule has 28 heavy (non-hydrogen) atoms. The van der Waals surface area contributed by atoms with E-state index in [0.717, 1.165) is 15.7 Å². The van der Waals surface area contributed by atoms with Gasteiger partial charge in [0, 0.05) is 15.7 Å². The van der Waals surface area contributed by atoms with Gasteiger partial charge >= 0.3 is 0 Å². The molecule has 0 saturated carbocycles. The number of ketones is 1. The maximum absolute atomic E-state index is 13.4. The molecule has 3 nitrogen and oxygen atoms in total. The van der Waals surface area contributed by atoms with Crippen molar-refractivity contribution >= 4 is 60.3 Å². The normalized spacial score (nSPS) is 21.7. The van der Waals surface area contributed by atoms with Crippen molar-refractivity contribution < 1.29 is 4.79 Å². The van der Waals surface area contributed by atoms with Crippen molar-refractivity contribution in [2.45, 2.75) is 9.70 Å². The van der Waals surface area contributed by atoms with Crippen molar-refractivity contribution in [2.75, 3.05) is 4.90 Å². The van der Waals surface area contributed by atoms with E-state index >= 15 is 0 Å². The van der Waals surface area contributed by atoms with E-state index in [9.17, 15) is 4.79 Å². The van der Waals surface area contributed by atoms with E-state index in [1.54, 1.807) is 0 Å². The van der Waals surface area contributed by atoms with Crippen LogP contribution in [0.1, 0.15) is 15.9 Å². The van der Waals surface area contributed by atoms with Crippen LogP contribution in [0.4, 0.5) is 5.69 Å². The van der Waals surface area contributed by atoms with Crippen molar-refractivity contribution in [3.8, 4) is 0 Å².